The number of halogens is 1. The van der Waals surface area contributed by atoms with E-state index in [4.69, 9.17) is 17.0 Å². The fourth-order valence-electron chi connectivity index (χ4n) is 5.17. The van der Waals surface area contributed by atoms with Crippen molar-refractivity contribution in [3.63, 3.8) is 0 Å². The molecule has 1 fully saturated rings. The number of nitrogens with zero attached hydrogens (tertiary/aromatic N) is 3. The number of amides is 1. The minimum Gasteiger partial charge on any atom is -0.495 e. The number of hydrogen-bond acceptors (Lipinski definition) is 4. The Morgan fingerprint density at radius 3 is 2.55 bits per heavy atom. The molecule has 2 N–H and O–H groups in total. The van der Waals surface area contributed by atoms with E-state index < -0.39 is 0 Å². The average molecular weight is 591 g/mol. The first kappa shape index (κ1) is 25.9. The van der Waals surface area contributed by atoms with Crippen LogP contribution in [0.15, 0.2) is 77.4 Å². The van der Waals surface area contributed by atoms with E-state index in [1.807, 2.05) is 54.6 Å². The molecule has 0 bridgehead atoms. The second-order valence-corrected chi connectivity index (χ2v) is 10.4. The smallest absolute Gasteiger partial charge is 0.221 e. The first-order valence-corrected chi connectivity index (χ1v) is 13.4. The number of aryl methyl sites for hydroxylation is 1. The van der Waals surface area contributed by atoms with Crippen molar-refractivity contribution in [2.45, 2.75) is 32.9 Å². The second kappa shape index (κ2) is 10.6. The van der Waals surface area contributed by atoms with E-state index in [0.717, 1.165) is 38.5 Å². The molecule has 2 atom stereocenters. The van der Waals surface area contributed by atoms with Gasteiger partial charge in [-0.3, -0.25) is 9.78 Å². The number of rotatable bonds is 6. The summed E-state index contributed by atoms with van der Waals surface area (Å²) >= 11 is 9.64. The van der Waals surface area contributed by atoms with E-state index in [1.165, 1.54) is 6.92 Å². The van der Waals surface area contributed by atoms with Crippen molar-refractivity contribution in [2.24, 2.45) is 0 Å². The quantitative estimate of drug-likeness (QED) is 0.254. The van der Waals surface area contributed by atoms with E-state index in [9.17, 15) is 4.79 Å². The van der Waals surface area contributed by atoms with Gasteiger partial charge >= 0.3 is 0 Å². The van der Waals surface area contributed by atoms with E-state index in [-0.39, 0.29) is 18.0 Å². The van der Waals surface area contributed by atoms with E-state index in [2.05, 4.69) is 67.0 Å². The summed E-state index contributed by atoms with van der Waals surface area (Å²) in [5.41, 5.74) is 6.71. The van der Waals surface area contributed by atoms with Crippen LogP contribution in [0.25, 0.3) is 5.69 Å². The Labute approximate surface area is 236 Å². The average Bonchev–Trinajstić information content (AvgIpc) is 3.39. The van der Waals surface area contributed by atoms with Crippen molar-refractivity contribution in [2.75, 3.05) is 17.3 Å². The Morgan fingerprint density at radius 1 is 1.11 bits per heavy atom. The number of anilines is 2. The summed E-state index contributed by atoms with van der Waals surface area (Å²) in [4.78, 5) is 18.7. The predicted octanol–water partition coefficient (Wildman–Crippen LogP) is 6.40. The largest absolute Gasteiger partial charge is 0.495 e. The minimum absolute atomic E-state index is 0.178. The van der Waals surface area contributed by atoms with Gasteiger partial charge in [-0.05, 0) is 96.1 Å². The lowest BCUT2D eigenvalue weighted by atomic mass is 9.96. The Hall–Kier alpha value is -3.69. The van der Waals surface area contributed by atoms with Gasteiger partial charge in [0.25, 0.3) is 0 Å². The minimum atomic E-state index is -0.196. The maximum atomic E-state index is 11.9. The number of para-hydroxylation sites is 1. The first-order valence-electron chi connectivity index (χ1n) is 12.2. The number of pyridine rings is 1. The van der Waals surface area contributed by atoms with Crippen LogP contribution in [-0.4, -0.2) is 27.7 Å². The van der Waals surface area contributed by atoms with Gasteiger partial charge in [-0.15, -0.1) is 0 Å². The molecule has 5 rings (SSSR count). The maximum Gasteiger partial charge on any atom is 0.221 e. The van der Waals surface area contributed by atoms with Crippen LogP contribution in [0.2, 0.25) is 0 Å². The molecular weight excluding hydrogens is 562 g/mol. The first-order chi connectivity index (χ1) is 18.3. The van der Waals surface area contributed by atoms with Gasteiger partial charge in [0.15, 0.2) is 5.11 Å². The summed E-state index contributed by atoms with van der Waals surface area (Å²) in [6.45, 7) is 5.72. The molecule has 7 nitrogen and oxygen atoms in total. The van der Waals surface area contributed by atoms with Crippen LogP contribution >= 0.6 is 28.1 Å². The molecule has 0 spiro atoms. The maximum absolute atomic E-state index is 11.9. The molecule has 194 valence electrons. The van der Waals surface area contributed by atoms with Crippen LogP contribution in [0.5, 0.6) is 5.75 Å². The third kappa shape index (κ3) is 4.68. The Morgan fingerprint density at radius 2 is 1.87 bits per heavy atom. The Balaban J connectivity index is 1.69. The highest BCUT2D eigenvalue weighted by Crippen LogP contribution is 2.45. The van der Waals surface area contributed by atoms with Crippen molar-refractivity contribution in [1.82, 2.24) is 14.9 Å². The van der Waals surface area contributed by atoms with Crippen LogP contribution in [0.3, 0.4) is 0 Å². The number of carbonyl (C=O) groups excluding carboxylic acids is 1. The van der Waals surface area contributed by atoms with Gasteiger partial charge in [-0.1, -0.05) is 18.2 Å². The number of methoxy groups -OCH3 is 1. The number of thiocarbonyl (C=S) groups is 1. The summed E-state index contributed by atoms with van der Waals surface area (Å²) < 4.78 is 8.76. The highest BCUT2D eigenvalue weighted by molar-refractivity contribution is 9.10. The van der Waals surface area contributed by atoms with Gasteiger partial charge < -0.3 is 24.8 Å². The van der Waals surface area contributed by atoms with Gasteiger partial charge in [0.05, 0.1) is 36.3 Å². The Kier molecular flexibility index (Phi) is 7.23. The summed E-state index contributed by atoms with van der Waals surface area (Å²) in [5, 5.41) is 6.98. The fraction of sp³-hybridized carbons (Fsp3) is 0.207. The summed E-state index contributed by atoms with van der Waals surface area (Å²) in [7, 11) is 1.58. The van der Waals surface area contributed by atoms with Crippen molar-refractivity contribution in [3.8, 4) is 11.4 Å². The number of carbonyl (C=O) groups is 1. The van der Waals surface area contributed by atoms with E-state index in [0.29, 0.717) is 16.5 Å². The SMILES string of the molecule is COc1ccc(N2C(=S)N[C@@H](c3ccccn3)[C@@H]2c2cc(C)n(-c3ccccc3Br)c2C)cc1NC(C)=O. The molecule has 0 aliphatic carbocycles. The standard InChI is InChI=1S/C29H28BrN5O2S/c1-17-15-21(18(2)34(17)25-11-6-5-9-22(25)30)28-27(23-10-7-8-14-31-23)33-29(38)35(28)20-12-13-26(37-4)24(16-20)32-19(3)36/h5-16,27-28H,1-4H3,(H,32,36)(H,33,38)/t27-,28-/m0/s1. The van der Waals surface area contributed by atoms with Gasteiger partial charge in [0.1, 0.15) is 5.75 Å². The van der Waals surface area contributed by atoms with Gasteiger partial charge in [0.2, 0.25) is 5.91 Å². The molecule has 1 saturated heterocycles. The van der Waals surface area contributed by atoms with Crippen LogP contribution in [0.1, 0.15) is 41.7 Å². The highest BCUT2D eigenvalue weighted by atomic mass is 79.9. The van der Waals surface area contributed by atoms with Crippen molar-refractivity contribution in [1.29, 1.82) is 0 Å². The molecule has 9 heteroatoms. The topological polar surface area (TPSA) is 71.4 Å². The molecular formula is C29H28BrN5O2S. The molecule has 0 saturated carbocycles. The second-order valence-electron chi connectivity index (χ2n) is 9.18. The van der Waals surface area contributed by atoms with Crippen molar-refractivity contribution in [3.05, 3.63) is 100 Å². The molecule has 2 aromatic carbocycles. The van der Waals surface area contributed by atoms with Gasteiger partial charge in [0, 0.05) is 34.7 Å². The number of aromatic nitrogens is 2. The van der Waals surface area contributed by atoms with Crippen LogP contribution in [0.4, 0.5) is 11.4 Å². The molecule has 3 heterocycles. The normalized spacial score (nSPS) is 16.9. The molecule has 0 unspecified atom stereocenters. The lowest BCUT2D eigenvalue weighted by molar-refractivity contribution is -0.114. The molecule has 0 radical (unpaired) electrons. The van der Waals surface area contributed by atoms with Crippen LogP contribution in [-0.2, 0) is 4.79 Å². The van der Waals surface area contributed by atoms with Crippen LogP contribution in [0, 0.1) is 13.8 Å². The third-order valence-electron chi connectivity index (χ3n) is 6.75. The van der Waals surface area contributed by atoms with E-state index >= 15 is 0 Å². The van der Waals surface area contributed by atoms with E-state index in [1.54, 1.807) is 13.3 Å². The number of hydrogen-bond donors (Lipinski definition) is 2. The van der Waals surface area contributed by atoms with Gasteiger partial charge in [-0.25, -0.2) is 0 Å². The molecule has 1 aliphatic heterocycles. The molecule has 38 heavy (non-hydrogen) atoms. The highest BCUT2D eigenvalue weighted by Gasteiger charge is 2.42. The summed E-state index contributed by atoms with van der Waals surface area (Å²) in [6.07, 6.45) is 1.80. The molecule has 1 aliphatic rings. The number of ether oxygens (including phenoxy) is 1. The van der Waals surface area contributed by atoms with Crippen molar-refractivity contribution >= 4 is 50.5 Å². The molecule has 4 aromatic rings. The lowest BCUT2D eigenvalue weighted by Gasteiger charge is -2.29. The van der Waals surface area contributed by atoms with Crippen LogP contribution < -0.4 is 20.3 Å². The summed E-state index contributed by atoms with van der Waals surface area (Å²) in [5.74, 6) is 0.398. The lowest BCUT2D eigenvalue weighted by Crippen LogP contribution is -2.29. The predicted molar refractivity (Wildman–Crippen MR) is 158 cm³/mol. The molecule has 2 aromatic heterocycles. The third-order valence-corrected chi connectivity index (χ3v) is 7.74. The summed E-state index contributed by atoms with van der Waals surface area (Å²) in [6, 6.07) is 21.6. The zero-order valence-corrected chi connectivity index (χ0v) is 23.9. The zero-order chi connectivity index (χ0) is 27.0. The van der Waals surface area contributed by atoms with Gasteiger partial charge in [-0.2, -0.15) is 0 Å². The monoisotopic (exact) mass is 589 g/mol. The van der Waals surface area contributed by atoms with Crippen molar-refractivity contribution < 1.29 is 9.53 Å². The fourth-order valence-corrected chi connectivity index (χ4v) is 5.98. The Bertz CT molecular complexity index is 1520. The molecule has 1 amide bonds. The number of benzene rings is 2. The number of nitrogens with one attached hydrogen (secondary N) is 2. The zero-order valence-electron chi connectivity index (χ0n) is 21.5.